The summed E-state index contributed by atoms with van der Waals surface area (Å²) in [5.74, 6) is 1.56. The molecule has 1 saturated heterocycles. The Kier molecular flexibility index (Phi) is 6.66. The fraction of sp³-hybridized carbons (Fsp3) is 0.778. The Bertz CT molecular complexity index is 492. The van der Waals surface area contributed by atoms with Gasteiger partial charge in [0, 0.05) is 32.4 Å². The third-order valence-corrected chi connectivity index (χ3v) is 5.04. The van der Waals surface area contributed by atoms with Crippen LogP contribution in [0.5, 0.6) is 0 Å². The first-order valence-corrected chi connectivity index (χ1v) is 9.45. The molecule has 0 radical (unpaired) electrons. The predicted octanol–water partition coefficient (Wildman–Crippen LogP) is 2.74. The van der Waals surface area contributed by atoms with Crippen LogP contribution in [0, 0.1) is 0 Å². The average molecular weight is 333 g/mol. The van der Waals surface area contributed by atoms with Crippen molar-refractivity contribution in [2.45, 2.75) is 57.1 Å². The zero-order chi connectivity index (χ0) is 16.6. The van der Waals surface area contributed by atoms with Crippen LogP contribution >= 0.6 is 0 Å². The first-order chi connectivity index (χ1) is 11.8. The number of aromatic nitrogens is 2. The van der Waals surface area contributed by atoms with Gasteiger partial charge in [-0.15, -0.1) is 0 Å². The molecule has 0 spiro atoms. The first-order valence-electron chi connectivity index (χ1n) is 9.45. The zero-order valence-electron chi connectivity index (χ0n) is 14.8. The van der Waals surface area contributed by atoms with Gasteiger partial charge in [-0.25, -0.2) is 4.98 Å². The highest BCUT2D eigenvalue weighted by Crippen LogP contribution is 2.23. The summed E-state index contributed by atoms with van der Waals surface area (Å²) in [6.07, 6.45) is 10.7. The Labute approximate surface area is 145 Å². The minimum atomic E-state index is 0.377. The number of nitrogens with one attached hydrogen (secondary N) is 2. The third-order valence-electron chi connectivity index (χ3n) is 5.04. The van der Waals surface area contributed by atoms with Crippen molar-refractivity contribution >= 4 is 11.8 Å². The van der Waals surface area contributed by atoms with E-state index >= 15 is 0 Å². The van der Waals surface area contributed by atoms with Crippen LogP contribution in [0.15, 0.2) is 12.3 Å². The second-order valence-electron chi connectivity index (χ2n) is 6.92. The van der Waals surface area contributed by atoms with Crippen molar-refractivity contribution in [3.63, 3.8) is 0 Å². The van der Waals surface area contributed by atoms with Gasteiger partial charge in [-0.1, -0.05) is 0 Å². The highest BCUT2D eigenvalue weighted by molar-refractivity contribution is 5.39. The molecule has 1 saturated carbocycles. The van der Waals surface area contributed by atoms with Gasteiger partial charge in [0.15, 0.2) is 0 Å². The summed E-state index contributed by atoms with van der Waals surface area (Å²) in [5, 5.41) is 6.52. The monoisotopic (exact) mass is 333 g/mol. The quantitative estimate of drug-likeness (QED) is 0.713. The van der Waals surface area contributed by atoms with Gasteiger partial charge in [-0.3, -0.25) is 0 Å². The van der Waals surface area contributed by atoms with Gasteiger partial charge < -0.3 is 20.3 Å². The number of anilines is 2. The van der Waals surface area contributed by atoms with Gasteiger partial charge in [-0.05, 0) is 64.1 Å². The molecule has 2 fully saturated rings. The number of likely N-dealkylation sites (tertiary alicyclic amines) is 1. The topological polar surface area (TPSA) is 62.3 Å². The van der Waals surface area contributed by atoms with Crippen LogP contribution in [0.4, 0.5) is 11.8 Å². The van der Waals surface area contributed by atoms with Crippen molar-refractivity contribution in [2.24, 2.45) is 0 Å². The summed E-state index contributed by atoms with van der Waals surface area (Å²) in [5.41, 5.74) is 0. The number of ether oxygens (including phenoxy) is 1. The Morgan fingerprint density at radius 2 is 2.12 bits per heavy atom. The van der Waals surface area contributed by atoms with Gasteiger partial charge >= 0.3 is 0 Å². The van der Waals surface area contributed by atoms with Crippen LogP contribution in [0.1, 0.15) is 44.9 Å². The molecule has 1 aliphatic heterocycles. The van der Waals surface area contributed by atoms with Crippen molar-refractivity contribution in [1.82, 2.24) is 14.9 Å². The van der Waals surface area contributed by atoms with Crippen LogP contribution in [-0.4, -0.2) is 60.3 Å². The maximum absolute atomic E-state index is 6.14. The molecule has 0 bridgehead atoms. The molecule has 2 atom stereocenters. The Balaban J connectivity index is 1.37. The Morgan fingerprint density at radius 3 is 2.96 bits per heavy atom. The molecule has 3 rings (SSSR count). The Morgan fingerprint density at radius 1 is 1.25 bits per heavy atom. The first kappa shape index (κ1) is 17.4. The summed E-state index contributed by atoms with van der Waals surface area (Å²) < 4.78 is 6.14. The maximum Gasteiger partial charge on any atom is 0.224 e. The minimum Gasteiger partial charge on any atom is -0.378 e. The molecule has 1 aromatic rings. The molecule has 6 heteroatoms. The molecule has 1 aliphatic carbocycles. The Hall–Kier alpha value is -1.40. The van der Waals surface area contributed by atoms with Crippen molar-refractivity contribution in [2.75, 3.05) is 43.9 Å². The average Bonchev–Trinajstić information content (AvgIpc) is 3.13. The lowest BCUT2D eigenvalue weighted by Gasteiger charge is -2.30. The lowest BCUT2D eigenvalue weighted by molar-refractivity contribution is 0.0213. The summed E-state index contributed by atoms with van der Waals surface area (Å²) in [6.45, 7) is 4.64. The van der Waals surface area contributed by atoms with Crippen molar-refractivity contribution in [3.8, 4) is 0 Å². The van der Waals surface area contributed by atoms with E-state index in [1.165, 1.54) is 51.7 Å². The third kappa shape index (κ3) is 5.31. The molecule has 134 valence electrons. The highest BCUT2D eigenvalue weighted by atomic mass is 16.5. The van der Waals surface area contributed by atoms with Crippen molar-refractivity contribution < 1.29 is 4.74 Å². The molecule has 24 heavy (non-hydrogen) atoms. The molecule has 0 unspecified atom stereocenters. The van der Waals surface area contributed by atoms with E-state index in [4.69, 9.17) is 4.74 Å². The standard InChI is InChI=1S/C18H31N5O/c1-19-17-8-9-20-18(22-17)21-15-6-4-7-16(14-15)24-13-5-12-23-10-2-3-11-23/h8-9,15-16H,2-7,10-14H2,1H3,(H2,19,20,21,22)/t15-,16+/m0/s1. The lowest BCUT2D eigenvalue weighted by atomic mass is 9.93. The second kappa shape index (κ2) is 9.18. The van der Waals surface area contributed by atoms with E-state index in [2.05, 4.69) is 25.5 Å². The van der Waals surface area contributed by atoms with E-state index < -0.39 is 0 Å². The normalized spacial score (nSPS) is 24.9. The summed E-state index contributed by atoms with van der Waals surface area (Å²) in [7, 11) is 1.87. The molecular formula is C18H31N5O. The van der Waals surface area contributed by atoms with E-state index in [1.807, 2.05) is 13.1 Å². The second-order valence-corrected chi connectivity index (χ2v) is 6.92. The summed E-state index contributed by atoms with van der Waals surface area (Å²) in [6, 6.07) is 2.28. The van der Waals surface area contributed by atoms with E-state index in [0.717, 1.165) is 25.3 Å². The van der Waals surface area contributed by atoms with Gasteiger partial charge in [0.1, 0.15) is 5.82 Å². The highest BCUT2D eigenvalue weighted by Gasteiger charge is 2.23. The lowest BCUT2D eigenvalue weighted by Crippen LogP contribution is -2.32. The summed E-state index contributed by atoms with van der Waals surface area (Å²) >= 11 is 0. The number of hydrogen-bond donors (Lipinski definition) is 2. The van der Waals surface area contributed by atoms with Gasteiger partial charge in [0.25, 0.3) is 0 Å². The fourth-order valence-electron chi connectivity index (χ4n) is 3.72. The largest absolute Gasteiger partial charge is 0.378 e. The number of hydrogen-bond acceptors (Lipinski definition) is 6. The van der Waals surface area contributed by atoms with E-state index in [-0.39, 0.29) is 0 Å². The maximum atomic E-state index is 6.14. The van der Waals surface area contributed by atoms with Gasteiger partial charge in [0.05, 0.1) is 6.10 Å². The van der Waals surface area contributed by atoms with Gasteiger partial charge in [-0.2, -0.15) is 4.98 Å². The number of rotatable bonds is 8. The van der Waals surface area contributed by atoms with E-state index in [9.17, 15) is 0 Å². The minimum absolute atomic E-state index is 0.377. The van der Waals surface area contributed by atoms with Crippen LogP contribution in [-0.2, 0) is 4.74 Å². The fourth-order valence-corrected chi connectivity index (χ4v) is 3.72. The zero-order valence-corrected chi connectivity index (χ0v) is 14.8. The molecule has 0 aromatic carbocycles. The molecule has 2 heterocycles. The van der Waals surface area contributed by atoms with Crippen LogP contribution in [0.3, 0.4) is 0 Å². The van der Waals surface area contributed by atoms with Crippen LogP contribution in [0.25, 0.3) is 0 Å². The number of nitrogens with zero attached hydrogens (tertiary/aromatic N) is 3. The van der Waals surface area contributed by atoms with Crippen LogP contribution in [0.2, 0.25) is 0 Å². The predicted molar refractivity (Wildman–Crippen MR) is 97.5 cm³/mol. The van der Waals surface area contributed by atoms with E-state index in [1.54, 1.807) is 6.20 Å². The van der Waals surface area contributed by atoms with Crippen molar-refractivity contribution in [1.29, 1.82) is 0 Å². The van der Waals surface area contributed by atoms with Crippen LogP contribution < -0.4 is 10.6 Å². The SMILES string of the molecule is CNc1ccnc(N[C@H]2CCC[C@@H](OCCCN3CCCC3)C2)n1. The van der Waals surface area contributed by atoms with Crippen molar-refractivity contribution in [3.05, 3.63) is 12.3 Å². The van der Waals surface area contributed by atoms with Gasteiger partial charge in [0.2, 0.25) is 5.95 Å². The molecular weight excluding hydrogens is 302 g/mol. The molecule has 2 N–H and O–H groups in total. The smallest absolute Gasteiger partial charge is 0.224 e. The molecule has 0 amide bonds. The summed E-state index contributed by atoms with van der Waals surface area (Å²) in [4.78, 5) is 11.3. The molecule has 6 nitrogen and oxygen atoms in total. The van der Waals surface area contributed by atoms with E-state index in [0.29, 0.717) is 18.1 Å². The molecule has 2 aliphatic rings. The molecule has 1 aromatic heterocycles.